The zero-order valence-corrected chi connectivity index (χ0v) is 10.6. The highest BCUT2D eigenvalue weighted by Crippen LogP contribution is 2.39. The molecule has 0 unspecified atom stereocenters. The van der Waals surface area contributed by atoms with Crippen molar-refractivity contribution in [3.63, 3.8) is 0 Å². The minimum Gasteiger partial charge on any atom is -0.379 e. The van der Waals surface area contributed by atoms with Gasteiger partial charge in [0.05, 0.1) is 13.2 Å². The van der Waals surface area contributed by atoms with Crippen LogP contribution in [0.15, 0.2) is 24.3 Å². The van der Waals surface area contributed by atoms with Crippen molar-refractivity contribution in [2.45, 2.75) is 31.2 Å². The molecule has 1 aliphatic heterocycles. The summed E-state index contributed by atoms with van der Waals surface area (Å²) in [5.41, 5.74) is 7.23. The van der Waals surface area contributed by atoms with E-state index in [4.69, 9.17) is 22.1 Å². The standard InChI is InChI=1S/C13H18ClNO/c1-12(2,15)7-13(8-16-9-13)10-4-3-5-11(14)6-10/h3-6H,7-9,15H2,1-2H3. The molecule has 1 aliphatic rings. The average Bonchev–Trinajstić information content (AvgIpc) is 2.10. The van der Waals surface area contributed by atoms with Crippen LogP contribution in [0.1, 0.15) is 25.8 Å². The maximum Gasteiger partial charge on any atom is 0.0586 e. The second-order valence-corrected chi connectivity index (χ2v) is 5.89. The van der Waals surface area contributed by atoms with Gasteiger partial charge in [-0.15, -0.1) is 0 Å². The SMILES string of the molecule is CC(C)(N)CC1(c2cccc(Cl)c2)COC1. The summed E-state index contributed by atoms with van der Waals surface area (Å²) in [5.74, 6) is 0. The maximum absolute atomic E-state index is 6.12. The summed E-state index contributed by atoms with van der Waals surface area (Å²) in [6.07, 6.45) is 0.917. The molecule has 2 rings (SSSR count). The monoisotopic (exact) mass is 239 g/mol. The van der Waals surface area contributed by atoms with Crippen molar-refractivity contribution in [2.24, 2.45) is 5.73 Å². The fraction of sp³-hybridized carbons (Fsp3) is 0.538. The Kier molecular flexibility index (Phi) is 2.99. The average molecular weight is 240 g/mol. The number of hydrogen-bond donors (Lipinski definition) is 1. The van der Waals surface area contributed by atoms with Gasteiger partial charge in [-0.2, -0.15) is 0 Å². The van der Waals surface area contributed by atoms with Crippen LogP contribution in [0.5, 0.6) is 0 Å². The van der Waals surface area contributed by atoms with E-state index in [9.17, 15) is 0 Å². The second-order valence-electron chi connectivity index (χ2n) is 5.45. The normalized spacial score (nSPS) is 19.2. The first-order valence-corrected chi connectivity index (χ1v) is 5.92. The van der Waals surface area contributed by atoms with Gasteiger partial charge in [0.25, 0.3) is 0 Å². The lowest BCUT2D eigenvalue weighted by atomic mass is 9.71. The van der Waals surface area contributed by atoms with Gasteiger partial charge in [0.15, 0.2) is 0 Å². The Balaban J connectivity index is 2.28. The molecule has 0 amide bonds. The first-order valence-electron chi connectivity index (χ1n) is 5.54. The molecule has 88 valence electrons. The van der Waals surface area contributed by atoms with Gasteiger partial charge in [0, 0.05) is 16.0 Å². The number of benzene rings is 1. The van der Waals surface area contributed by atoms with Crippen molar-refractivity contribution < 1.29 is 4.74 Å². The van der Waals surface area contributed by atoms with Gasteiger partial charge >= 0.3 is 0 Å². The van der Waals surface area contributed by atoms with Crippen LogP contribution in [0.2, 0.25) is 5.02 Å². The molecule has 0 spiro atoms. The molecule has 2 nitrogen and oxygen atoms in total. The highest BCUT2D eigenvalue weighted by molar-refractivity contribution is 6.30. The molecular formula is C13H18ClNO. The van der Waals surface area contributed by atoms with E-state index >= 15 is 0 Å². The quantitative estimate of drug-likeness (QED) is 0.881. The van der Waals surface area contributed by atoms with Crippen LogP contribution < -0.4 is 5.73 Å². The Bertz CT molecular complexity index is 380. The molecule has 1 saturated heterocycles. The Morgan fingerprint density at radius 1 is 1.44 bits per heavy atom. The van der Waals surface area contributed by atoms with Crippen LogP contribution in [-0.2, 0) is 10.2 Å². The minimum atomic E-state index is -0.188. The molecule has 0 atom stereocenters. The van der Waals surface area contributed by atoms with Crippen molar-refractivity contribution >= 4 is 11.6 Å². The van der Waals surface area contributed by atoms with E-state index in [1.165, 1.54) is 5.56 Å². The Labute approximate surface area is 102 Å². The molecule has 1 fully saturated rings. The minimum absolute atomic E-state index is 0.0587. The molecule has 1 heterocycles. The first-order chi connectivity index (χ1) is 7.41. The predicted octanol–water partition coefficient (Wildman–Crippen LogP) is 2.74. The van der Waals surface area contributed by atoms with E-state index < -0.39 is 0 Å². The van der Waals surface area contributed by atoms with Crippen molar-refractivity contribution in [3.05, 3.63) is 34.9 Å². The van der Waals surface area contributed by atoms with Gasteiger partial charge in [-0.1, -0.05) is 23.7 Å². The van der Waals surface area contributed by atoms with E-state index in [0.29, 0.717) is 0 Å². The summed E-state index contributed by atoms with van der Waals surface area (Å²) in [7, 11) is 0. The van der Waals surface area contributed by atoms with Gasteiger partial charge in [0.2, 0.25) is 0 Å². The van der Waals surface area contributed by atoms with E-state index in [0.717, 1.165) is 24.7 Å². The molecular weight excluding hydrogens is 222 g/mol. The zero-order chi connectivity index (χ0) is 11.8. The van der Waals surface area contributed by atoms with Crippen LogP contribution in [-0.4, -0.2) is 18.8 Å². The number of ether oxygens (including phenoxy) is 1. The van der Waals surface area contributed by atoms with Crippen LogP contribution in [0.25, 0.3) is 0 Å². The van der Waals surface area contributed by atoms with Crippen molar-refractivity contribution in [3.8, 4) is 0 Å². The smallest absolute Gasteiger partial charge is 0.0586 e. The van der Waals surface area contributed by atoms with Crippen molar-refractivity contribution in [1.82, 2.24) is 0 Å². The molecule has 2 N–H and O–H groups in total. The van der Waals surface area contributed by atoms with Gasteiger partial charge < -0.3 is 10.5 Å². The van der Waals surface area contributed by atoms with Gasteiger partial charge in [0.1, 0.15) is 0 Å². The molecule has 1 aromatic carbocycles. The summed E-state index contributed by atoms with van der Waals surface area (Å²) in [6.45, 7) is 5.59. The van der Waals surface area contributed by atoms with Crippen LogP contribution in [0.3, 0.4) is 0 Å². The fourth-order valence-electron chi connectivity index (χ4n) is 2.41. The molecule has 0 aliphatic carbocycles. The number of nitrogens with two attached hydrogens (primary N) is 1. The Morgan fingerprint density at radius 3 is 2.56 bits per heavy atom. The van der Waals surface area contributed by atoms with Gasteiger partial charge in [-0.25, -0.2) is 0 Å². The molecule has 16 heavy (non-hydrogen) atoms. The Morgan fingerprint density at radius 2 is 2.12 bits per heavy atom. The molecule has 0 saturated carbocycles. The van der Waals surface area contributed by atoms with E-state index in [1.807, 2.05) is 18.2 Å². The third-order valence-electron chi connectivity index (χ3n) is 2.99. The lowest BCUT2D eigenvalue weighted by molar-refractivity contribution is -0.0718. The predicted molar refractivity (Wildman–Crippen MR) is 66.8 cm³/mol. The van der Waals surface area contributed by atoms with Crippen molar-refractivity contribution in [2.75, 3.05) is 13.2 Å². The summed E-state index contributed by atoms with van der Waals surface area (Å²) in [5, 5.41) is 0.776. The zero-order valence-electron chi connectivity index (χ0n) is 9.79. The number of hydrogen-bond acceptors (Lipinski definition) is 2. The topological polar surface area (TPSA) is 35.2 Å². The lowest BCUT2D eigenvalue weighted by Gasteiger charge is -2.45. The van der Waals surface area contributed by atoms with Crippen LogP contribution in [0, 0.1) is 0 Å². The third-order valence-corrected chi connectivity index (χ3v) is 3.22. The molecule has 0 aromatic heterocycles. The van der Waals surface area contributed by atoms with E-state index in [1.54, 1.807) is 0 Å². The molecule has 0 bridgehead atoms. The molecule has 1 aromatic rings. The fourth-order valence-corrected chi connectivity index (χ4v) is 2.60. The first kappa shape index (κ1) is 11.9. The van der Waals surface area contributed by atoms with E-state index in [2.05, 4.69) is 19.9 Å². The van der Waals surface area contributed by atoms with Crippen LogP contribution >= 0.6 is 11.6 Å². The summed E-state index contributed by atoms with van der Waals surface area (Å²) >= 11 is 6.03. The lowest BCUT2D eigenvalue weighted by Crippen LogP contribution is -2.53. The highest BCUT2D eigenvalue weighted by atomic mass is 35.5. The third kappa shape index (κ3) is 2.40. The molecule has 3 heteroatoms. The second kappa shape index (κ2) is 4.02. The summed E-state index contributed by atoms with van der Waals surface area (Å²) < 4.78 is 5.38. The Hall–Kier alpha value is -0.570. The number of halogens is 1. The maximum atomic E-state index is 6.12. The highest BCUT2D eigenvalue weighted by Gasteiger charge is 2.43. The number of rotatable bonds is 3. The van der Waals surface area contributed by atoms with Gasteiger partial charge in [-0.05, 0) is 38.0 Å². The van der Waals surface area contributed by atoms with E-state index in [-0.39, 0.29) is 11.0 Å². The molecule has 0 radical (unpaired) electrons. The summed E-state index contributed by atoms with van der Waals surface area (Å²) in [6, 6.07) is 8.02. The van der Waals surface area contributed by atoms with Gasteiger partial charge in [-0.3, -0.25) is 0 Å². The largest absolute Gasteiger partial charge is 0.379 e. The summed E-state index contributed by atoms with van der Waals surface area (Å²) in [4.78, 5) is 0. The van der Waals surface area contributed by atoms with Crippen LogP contribution in [0.4, 0.5) is 0 Å². The van der Waals surface area contributed by atoms with Crippen molar-refractivity contribution in [1.29, 1.82) is 0 Å².